The number of aromatic nitrogens is 2. The van der Waals surface area contributed by atoms with Gasteiger partial charge in [-0.1, -0.05) is 41.0 Å². The molecule has 1 aromatic heterocycles. The van der Waals surface area contributed by atoms with Crippen LogP contribution < -0.4 is 10.1 Å². The molecule has 6 nitrogen and oxygen atoms in total. The van der Waals surface area contributed by atoms with Gasteiger partial charge in [0.05, 0.1) is 23.4 Å². The highest BCUT2D eigenvalue weighted by molar-refractivity contribution is 6.33. The summed E-state index contributed by atoms with van der Waals surface area (Å²) in [5, 5.41) is 7.44. The predicted octanol–water partition coefficient (Wildman–Crippen LogP) is 5.32. The molecule has 144 valence electrons. The lowest BCUT2D eigenvalue weighted by atomic mass is 10.1. The predicted molar refractivity (Wildman–Crippen MR) is 111 cm³/mol. The summed E-state index contributed by atoms with van der Waals surface area (Å²) in [5.74, 6) is 1.08. The molecule has 7 heteroatoms. The molecule has 1 N–H and O–H groups in total. The van der Waals surface area contributed by atoms with Gasteiger partial charge < -0.3 is 14.6 Å². The van der Waals surface area contributed by atoms with Gasteiger partial charge in [-0.15, -0.1) is 0 Å². The highest BCUT2D eigenvalue weighted by Gasteiger charge is 2.17. The first kappa shape index (κ1) is 18.7. The van der Waals surface area contributed by atoms with Crippen molar-refractivity contribution in [3.8, 4) is 28.6 Å². The molecule has 4 rings (SSSR count). The Morgan fingerprint density at radius 3 is 2.38 bits per heavy atom. The Morgan fingerprint density at radius 1 is 0.966 bits per heavy atom. The van der Waals surface area contributed by atoms with Gasteiger partial charge in [0, 0.05) is 11.1 Å². The normalized spacial score (nSPS) is 10.6. The maximum absolute atomic E-state index is 12.6. The molecule has 0 bridgehead atoms. The standard InChI is InChI=1S/C22H16ClN3O3/c1-28-15-12-10-14(11-13-15)21(27)24-19-9-5-3-7-17(19)22-25-20(26-29-22)16-6-2-4-8-18(16)23/h2-13H,1H3,(H,24,27). The van der Waals surface area contributed by atoms with Crippen LogP contribution in [-0.4, -0.2) is 23.2 Å². The second-order valence-electron chi connectivity index (χ2n) is 6.13. The minimum Gasteiger partial charge on any atom is -0.497 e. The van der Waals surface area contributed by atoms with Crippen LogP contribution in [0.2, 0.25) is 5.02 Å². The van der Waals surface area contributed by atoms with Crippen molar-refractivity contribution in [2.24, 2.45) is 0 Å². The van der Waals surface area contributed by atoms with Crippen molar-refractivity contribution in [1.29, 1.82) is 0 Å². The maximum atomic E-state index is 12.6. The molecule has 1 heterocycles. The number of carbonyl (C=O) groups excluding carboxylic acids is 1. The number of halogens is 1. The van der Waals surface area contributed by atoms with E-state index in [1.807, 2.05) is 30.3 Å². The molecule has 0 aliphatic heterocycles. The molecule has 0 unspecified atom stereocenters. The number of hydrogen-bond acceptors (Lipinski definition) is 5. The molecule has 29 heavy (non-hydrogen) atoms. The van der Waals surface area contributed by atoms with Crippen LogP contribution >= 0.6 is 11.6 Å². The molecule has 0 fully saturated rings. The number of nitrogens with one attached hydrogen (secondary N) is 1. The molecule has 3 aromatic carbocycles. The van der Waals surface area contributed by atoms with E-state index >= 15 is 0 Å². The average molecular weight is 406 g/mol. The SMILES string of the molecule is COc1ccc(C(=O)Nc2ccccc2-c2nc(-c3ccccc3Cl)no2)cc1. The third kappa shape index (κ3) is 3.97. The van der Waals surface area contributed by atoms with E-state index in [-0.39, 0.29) is 11.8 Å². The second kappa shape index (κ2) is 8.16. The summed E-state index contributed by atoms with van der Waals surface area (Å²) >= 11 is 6.22. The number of hydrogen-bond donors (Lipinski definition) is 1. The number of carbonyl (C=O) groups is 1. The molecule has 0 aliphatic carbocycles. The number of ether oxygens (including phenoxy) is 1. The quantitative estimate of drug-likeness (QED) is 0.486. The van der Waals surface area contributed by atoms with E-state index in [9.17, 15) is 4.79 Å². The van der Waals surface area contributed by atoms with Gasteiger partial charge in [-0.3, -0.25) is 4.79 Å². The maximum Gasteiger partial charge on any atom is 0.260 e. The molecular formula is C22H16ClN3O3. The van der Waals surface area contributed by atoms with Crippen molar-refractivity contribution in [3.63, 3.8) is 0 Å². The van der Waals surface area contributed by atoms with Crippen LogP contribution in [0.5, 0.6) is 5.75 Å². The third-order valence-corrected chi connectivity index (χ3v) is 4.63. The van der Waals surface area contributed by atoms with E-state index in [0.29, 0.717) is 39.0 Å². The Morgan fingerprint density at radius 2 is 1.66 bits per heavy atom. The molecular weight excluding hydrogens is 390 g/mol. The fourth-order valence-electron chi connectivity index (χ4n) is 2.80. The molecule has 1 amide bonds. The van der Waals surface area contributed by atoms with Gasteiger partial charge in [-0.05, 0) is 48.5 Å². The zero-order valence-electron chi connectivity index (χ0n) is 15.4. The summed E-state index contributed by atoms with van der Waals surface area (Å²) in [4.78, 5) is 17.1. The number of para-hydroxylation sites is 1. The first-order valence-electron chi connectivity index (χ1n) is 8.79. The molecule has 4 aromatic rings. The van der Waals surface area contributed by atoms with Crippen molar-refractivity contribution < 1.29 is 14.1 Å². The summed E-state index contributed by atoms with van der Waals surface area (Å²) in [6.45, 7) is 0. The van der Waals surface area contributed by atoms with Crippen LogP contribution in [0.3, 0.4) is 0 Å². The smallest absolute Gasteiger partial charge is 0.260 e. The zero-order chi connectivity index (χ0) is 20.2. The van der Waals surface area contributed by atoms with E-state index in [0.717, 1.165) is 0 Å². The number of rotatable bonds is 5. The Balaban J connectivity index is 1.62. The molecule has 0 saturated heterocycles. The van der Waals surface area contributed by atoms with Gasteiger partial charge in [0.1, 0.15) is 5.75 Å². The minimum atomic E-state index is -0.258. The molecule has 0 aliphatic rings. The first-order valence-corrected chi connectivity index (χ1v) is 9.17. The molecule has 0 atom stereocenters. The molecule has 0 saturated carbocycles. The zero-order valence-corrected chi connectivity index (χ0v) is 16.2. The lowest BCUT2D eigenvalue weighted by molar-refractivity contribution is 0.102. The lowest BCUT2D eigenvalue weighted by Gasteiger charge is -2.09. The number of nitrogens with zero attached hydrogens (tertiary/aromatic N) is 2. The van der Waals surface area contributed by atoms with Gasteiger partial charge in [-0.25, -0.2) is 0 Å². The van der Waals surface area contributed by atoms with Crippen LogP contribution in [0.25, 0.3) is 22.8 Å². The Labute approximate surface area is 172 Å². The minimum absolute atomic E-state index is 0.258. The van der Waals surface area contributed by atoms with Crippen molar-refractivity contribution in [3.05, 3.63) is 83.4 Å². The van der Waals surface area contributed by atoms with E-state index in [2.05, 4.69) is 15.5 Å². The van der Waals surface area contributed by atoms with Crippen molar-refractivity contribution >= 4 is 23.2 Å². The molecule has 0 radical (unpaired) electrons. The number of benzene rings is 3. The first-order chi connectivity index (χ1) is 14.2. The lowest BCUT2D eigenvalue weighted by Crippen LogP contribution is -2.12. The number of amides is 1. The van der Waals surface area contributed by atoms with E-state index in [4.69, 9.17) is 20.9 Å². The summed E-state index contributed by atoms with van der Waals surface area (Å²) < 4.78 is 10.6. The fraction of sp³-hybridized carbons (Fsp3) is 0.0455. The summed E-state index contributed by atoms with van der Waals surface area (Å²) in [7, 11) is 1.58. The Kier molecular flexibility index (Phi) is 5.27. The van der Waals surface area contributed by atoms with Crippen LogP contribution in [-0.2, 0) is 0 Å². The van der Waals surface area contributed by atoms with Crippen LogP contribution in [0.15, 0.2) is 77.3 Å². The largest absolute Gasteiger partial charge is 0.497 e. The highest BCUT2D eigenvalue weighted by Crippen LogP contribution is 2.31. The monoisotopic (exact) mass is 405 g/mol. The van der Waals surface area contributed by atoms with Gasteiger partial charge in [0.25, 0.3) is 11.8 Å². The van der Waals surface area contributed by atoms with Gasteiger partial charge >= 0.3 is 0 Å². The fourth-order valence-corrected chi connectivity index (χ4v) is 3.02. The summed E-state index contributed by atoms with van der Waals surface area (Å²) in [6, 6.07) is 21.3. The van der Waals surface area contributed by atoms with Crippen molar-refractivity contribution in [2.75, 3.05) is 12.4 Å². The Hall–Kier alpha value is -3.64. The van der Waals surface area contributed by atoms with Crippen LogP contribution in [0.1, 0.15) is 10.4 Å². The second-order valence-corrected chi connectivity index (χ2v) is 6.54. The van der Waals surface area contributed by atoms with Gasteiger partial charge in [0.15, 0.2) is 0 Å². The van der Waals surface area contributed by atoms with Crippen LogP contribution in [0, 0.1) is 0 Å². The molecule has 0 spiro atoms. The summed E-state index contributed by atoms with van der Waals surface area (Å²) in [6.07, 6.45) is 0. The Bertz CT molecular complexity index is 1160. The van der Waals surface area contributed by atoms with E-state index in [1.54, 1.807) is 49.6 Å². The number of methoxy groups -OCH3 is 1. The van der Waals surface area contributed by atoms with Crippen molar-refractivity contribution in [1.82, 2.24) is 10.1 Å². The van der Waals surface area contributed by atoms with Crippen molar-refractivity contribution in [2.45, 2.75) is 0 Å². The topological polar surface area (TPSA) is 77.2 Å². The highest BCUT2D eigenvalue weighted by atomic mass is 35.5. The number of anilines is 1. The average Bonchev–Trinajstić information content (AvgIpc) is 3.24. The van der Waals surface area contributed by atoms with Crippen LogP contribution in [0.4, 0.5) is 5.69 Å². The van der Waals surface area contributed by atoms with Gasteiger partial charge in [-0.2, -0.15) is 4.98 Å². The summed E-state index contributed by atoms with van der Waals surface area (Å²) in [5.41, 5.74) is 2.34. The van der Waals surface area contributed by atoms with Gasteiger partial charge in [0.2, 0.25) is 5.82 Å². The van der Waals surface area contributed by atoms with E-state index in [1.165, 1.54) is 0 Å². The third-order valence-electron chi connectivity index (χ3n) is 4.30. The van der Waals surface area contributed by atoms with E-state index < -0.39 is 0 Å².